The van der Waals surface area contributed by atoms with E-state index in [0.29, 0.717) is 0 Å². The monoisotopic (exact) mass is 423 g/mol. The lowest BCUT2D eigenvalue weighted by Crippen LogP contribution is -2.47. The molecule has 1 atom stereocenters. The number of hydrogen-bond donors (Lipinski definition) is 0. The van der Waals surface area contributed by atoms with Gasteiger partial charge in [0.05, 0.1) is 23.0 Å². The molecule has 2 aromatic carbocycles. The Morgan fingerprint density at radius 3 is 2.53 bits per heavy atom. The van der Waals surface area contributed by atoms with Crippen LogP contribution in [0.1, 0.15) is 30.5 Å². The molecular weight excluding hydrogens is 394 g/mol. The molecule has 30 heavy (non-hydrogen) atoms. The predicted molar refractivity (Wildman–Crippen MR) is 124 cm³/mol. The molecule has 0 radical (unpaired) electrons. The number of nitrogens with zero attached hydrogens (tertiary/aromatic N) is 5. The van der Waals surface area contributed by atoms with Gasteiger partial charge in [-0.2, -0.15) is 0 Å². The second-order valence-electron chi connectivity index (χ2n) is 8.23. The van der Waals surface area contributed by atoms with Crippen LogP contribution in [0.3, 0.4) is 0 Å². The summed E-state index contributed by atoms with van der Waals surface area (Å²) in [4.78, 5) is 5.08. The average molecular weight is 424 g/mol. The van der Waals surface area contributed by atoms with Crippen LogP contribution in [0.25, 0.3) is 11.3 Å². The van der Waals surface area contributed by atoms with Crippen LogP contribution >= 0.6 is 11.6 Å². The number of rotatable bonds is 6. The molecule has 1 aliphatic heterocycles. The van der Waals surface area contributed by atoms with E-state index in [9.17, 15) is 0 Å². The zero-order valence-electron chi connectivity index (χ0n) is 18.1. The number of piperazine rings is 1. The lowest BCUT2D eigenvalue weighted by Gasteiger charge is -2.37. The topological polar surface area (TPSA) is 37.2 Å². The number of halogens is 1. The van der Waals surface area contributed by atoms with Gasteiger partial charge in [-0.3, -0.25) is 4.90 Å². The minimum absolute atomic E-state index is 0.260. The standard InChI is InChI=1S/C24H30ClN5/c1-18-7-6-10-23(20(18)3)29-15-13-28(14-16-29)12-11-19(2)30-24(17-26-27-30)21-8-4-5-9-22(21)25/h4-10,17,19H,11-16H2,1-3H3. The van der Waals surface area contributed by atoms with Crippen LogP contribution in [0.5, 0.6) is 0 Å². The quantitative estimate of drug-likeness (QED) is 0.559. The fourth-order valence-electron chi connectivity index (χ4n) is 4.21. The smallest absolute Gasteiger partial charge is 0.0903 e. The Labute approximate surface area is 184 Å². The van der Waals surface area contributed by atoms with Crippen molar-refractivity contribution in [2.24, 2.45) is 0 Å². The third kappa shape index (κ3) is 4.37. The largest absolute Gasteiger partial charge is 0.369 e. The fraction of sp³-hybridized carbons (Fsp3) is 0.417. The Morgan fingerprint density at radius 2 is 1.77 bits per heavy atom. The Bertz CT molecular complexity index is 991. The van der Waals surface area contributed by atoms with Gasteiger partial charge in [-0.15, -0.1) is 5.10 Å². The average Bonchev–Trinajstić information content (AvgIpc) is 3.24. The minimum atomic E-state index is 0.260. The molecule has 5 nitrogen and oxygen atoms in total. The number of anilines is 1. The first-order valence-corrected chi connectivity index (χ1v) is 11.1. The Balaban J connectivity index is 1.34. The van der Waals surface area contributed by atoms with Crippen molar-refractivity contribution in [2.45, 2.75) is 33.2 Å². The maximum absolute atomic E-state index is 6.39. The summed E-state index contributed by atoms with van der Waals surface area (Å²) >= 11 is 6.39. The van der Waals surface area contributed by atoms with Crippen LogP contribution in [-0.2, 0) is 0 Å². The van der Waals surface area contributed by atoms with Crippen molar-refractivity contribution >= 4 is 17.3 Å². The number of benzene rings is 2. The van der Waals surface area contributed by atoms with Crippen molar-refractivity contribution in [1.82, 2.24) is 19.9 Å². The van der Waals surface area contributed by atoms with E-state index in [2.05, 4.69) is 59.1 Å². The first-order chi connectivity index (χ1) is 14.5. The van der Waals surface area contributed by atoms with Gasteiger partial charge < -0.3 is 4.90 Å². The third-order valence-electron chi connectivity index (χ3n) is 6.29. The molecule has 2 heterocycles. The molecular formula is C24H30ClN5. The second kappa shape index (κ2) is 9.19. The summed E-state index contributed by atoms with van der Waals surface area (Å²) in [6, 6.07) is 14.8. The molecule has 1 saturated heterocycles. The van der Waals surface area contributed by atoms with E-state index < -0.39 is 0 Å². The van der Waals surface area contributed by atoms with Gasteiger partial charge in [-0.05, 0) is 50.5 Å². The number of hydrogen-bond acceptors (Lipinski definition) is 4. The highest BCUT2D eigenvalue weighted by molar-refractivity contribution is 6.33. The van der Waals surface area contributed by atoms with E-state index >= 15 is 0 Å². The summed E-state index contributed by atoms with van der Waals surface area (Å²) in [5.41, 5.74) is 6.12. The molecule has 1 aliphatic rings. The highest BCUT2D eigenvalue weighted by Gasteiger charge is 2.20. The lowest BCUT2D eigenvalue weighted by molar-refractivity contribution is 0.238. The molecule has 6 heteroatoms. The van der Waals surface area contributed by atoms with E-state index in [0.717, 1.165) is 55.4 Å². The second-order valence-corrected chi connectivity index (χ2v) is 8.64. The van der Waals surface area contributed by atoms with Gasteiger partial charge in [0.25, 0.3) is 0 Å². The molecule has 158 valence electrons. The lowest BCUT2D eigenvalue weighted by atomic mass is 10.1. The summed E-state index contributed by atoms with van der Waals surface area (Å²) in [6.07, 6.45) is 2.84. The van der Waals surface area contributed by atoms with Crippen LogP contribution in [-0.4, -0.2) is 52.6 Å². The summed E-state index contributed by atoms with van der Waals surface area (Å²) in [5, 5.41) is 9.23. The van der Waals surface area contributed by atoms with Gasteiger partial charge in [0.15, 0.2) is 0 Å². The first kappa shape index (κ1) is 20.9. The molecule has 0 N–H and O–H groups in total. The molecule has 3 aromatic rings. The summed E-state index contributed by atoms with van der Waals surface area (Å²) in [6.45, 7) is 12.0. The van der Waals surface area contributed by atoms with E-state index in [1.54, 1.807) is 6.20 Å². The van der Waals surface area contributed by atoms with Gasteiger partial charge in [0, 0.05) is 44.0 Å². The maximum Gasteiger partial charge on any atom is 0.0903 e. The van der Waals surface area contributed by atoms with Crippen LogP contribution < -0.4 is 4.90 Å². The van der Waals surface area contributed by atoms with Crippen molar-refractivity contribution < 1.29 is 0 Å². The van der Waals surface area contributed by atoms with Gasteiger partial charge >= 0.3 is 0 Å². The number of aryl methyl sites for hydroxylation is 1. The van der Waals surface area contributed by atoms with E-state index in [-0.39, 0.29) is 6.04 Å². The zero-order chi connectivity index (χ0) is 21.1. The molecule has 1 aromatic heterocycles. The van der Waals surface area contributed by atoms with Gasteiger partial charge in [0.2, 0.25) is 0 Å². The summed E-state index contributed by atoms with van der Waals surface area (Å²) in [7, 11) is 0. The summed E-state index contributed by atoms with van der Waals surface area (Å²) in [5.74, 6) is 0. The molecule has 0 aliphatic carbocycles. The molecule has 0 bridgehead atoms. The normalized spacial score (nSPS) is 16.1. The maximum atomic E-state index is 6.39. The van der Waals surface area contributed by atoms with Crippen molar-refractivity contribution in [2.75, 3.05) is 37.6 Å². The highest BCUT2D eigenvalue weighted by Crippen LogP contribution is 2.29. The summed E-state index contributed by atoms with van der Waals surface area (Å²) < 4.78 is 2.01. The molecule has 1 unspecified atom stereocenters. The van der Waals surface area contributed by atoms with Crippen LogP contribution in [0.4, 0.5) is 5.69 Å². The van der Waals surface area contributed by atoms with Crippen molar-refractivity contribution in [3.63, 3.8) is 0 Å². The zero-order valence-corrected chi connectivity index (χ0v) is 18.8. The van der Waals surface area contributed by atoms with E-state index in [4.69, 9.17) is 11.6 Å². The molecule has 0 amide bonds. The van der Waals surface area contributed by atoms with E-state index in [1.165, 1.54) is 16.8 Å². The Hall–Kier alpha value is -2.37. The van der Waals surface area contributed by atoms with Crippen molar-refractivity contribution in [3.05, 3.63) is 64.8 Å². The van der Waals surface area contributed by atoms with Gasteiger partial charge in [-0.25, -0.2) is 4.68 Å². The van der Waals surface area contributed by atoms with Crippen LogP contribution in [0.2, 0.25) is 5.02 Å². The van der Waals surface area contributed by atoms with Crippen LogP contribution in [0, 0.1) is 13.8 Å². The Morgan fingerprint density at radius 1 is 1.00 bits per heavy atom. The molecule has 1 fully saturated rings. The highest BCUT2D eigenvalue weighted by atomic mass is 35.5. The van der Waals surface area contributed by atoms with E-state index in [1.807, 2.05) is 28.9 Å². The predicted octanol–water partition coefficient (Wildman–Crippen LogP) is 4.99. The van der Waals surface area contributed by atoms with Gasteiger partial charge in [-0.1, -0.05) is 47.1 Å². The minimum Gasteiger partial charge on any atom is -0.369 e. The Kier molecular flexibility index (Phi) is 6.40. The number of aromatic nitrogens is 3. The third-order valence-corrected chi connectivity index (χ3v) is 6.62. The fourth-order valence-corrected chi connectivity index (χ4v) is 4.45. The molecule has 0 spiro atoms. The molecule has 4 rings (SSSR count). The molecule has 0 saturated carbocycles. The van der Waals surface area contributed by atoms with Gasteiger partial charge in [0.1, 0.15) is 0 Å². The SMILES string of the molecule is Cc1cccc(N2CCN(CCC(C)n3nncc3-c3ccccc3Cl)CC2)c1C. The van der Waals surface area contributed by atoms with Crippen LogP contribution in [0.15, 0.2) is 48.7 Å². The van der Waals surface area contributed by atoms with Crippen molar-refractivity contribution in [3.8, 4) is 11.3 Å². The van der Waals surface area contributed by atoms with Crippen molar-refractivity contribution in [1.29, 1.82) is 0 Å². The first-order valence-electron chi connectivity index (χ1n) is 10.7.